The molecule has 0 aliphatic heterocycles. The Labute approximate surface area is 100 Å². The molecule has 0 saturated carbocycles. The lowest BCUT2D eigenvalue weighted by atomic mass is 10.3. The van der Waals surface area contributed by atoms with Crippen molar-refractivity contribution >= 4 is 0 Å². The van der Waals surface area contributed by atoms with E-state index in [0.29, 0.717) is 12.6 Å². The quantitative estimate of drug-likeness (QED) is 0.569. The summed E-state index contributed by atoms with van der Waals surface area (Å²) in [6.07, 6.45) is 1.23. The first-order valence-corrected chi connectivity index (χ1v) is 6.05. The standard InChI is InChI=1S/C12H28N2O2/c1-11(2)13-9-12(10-15-5)16-8-6-7-14(3)4/h11-13H,6-10H2,1-5H3. The van der Waals surface area contributed by atoms with E-state index in [9.17, 15) is 0 Å². The van der Waals surface area contributed by atoms with Crippen LogP contribution in [0.2, 0.25) is 0 Å². The molecule has 0 aliphatic rings. The number of nitrogens with one attached hydrogen (secondary N) is 1. The Morgan fingerprint density at radius 3 is 2.44 bits per heavy atom. The molecule has 0 aromatic carbocycles. The maximum Gasteiger partial charge on any atom is 0.0932 e. The van der Waals surface area contributed by atoms with Crippen molar-refractivity contribution in [3.63, 3.8) is 0 Å². The Kier molecular flexibility index (Phi) is 9.92. The third-order valence-corrected chi connectivity index (χ3v) is 2.21. The lowest BCUT2D eigenvalue weighted by molar-refractivity contribution is -0.00407. The van der Waals surface area contributed by atoms with Gasteiger partial charge in [-0.15, -0.1) is 0 Å². The zero-order valence-corrected chi connectivity index (χ0v) is 11.5. The van der Waals surface area contributed by atoms with E-state index < -0.39 is 0 Å². The van der Waals surface area contributed by atoms with Crippen LogP contribution in [0.5, 0.6) is 0 Å². The van der Waals surface area contributed by atoms with E-state index in [4.69, 9.17) is 9.47 Å². The Bertz CT molecular complexity index is 152. The third-order valence-electron chi connectivity index (χ3n) is 2.21. The highest BCUT2D eigenvalue weighted by molar-refractivity contribution is 4.63. The molecule has 0 saturated heterocycles. The van der Waals surface area contributed by atoms with Crippen molar-refractivity contribution in [3.8, 4) is 0 Å². The first-order valence-electron chi connectivity index (χ1n) is 6.05. The van der Waals surface area contributed by atoms with Crippen LogP contribution in [0.1, 0.15) is 20.3 Å². The number of hydrogen-bond acceptors (Lipinski definition) is 4. The van der Waals surface area contributed by atoms with Crippen LogP contribution in [-0.4, -0.2) is 64.6 Å². The van der Waals surface area contributed by atoms with E-state index in [2.05, 4.69) is 38.2 Å². The molecule has 1 atom stereocenters. The van der Waals surface area contributed by atoms with Gasteiger partial charge in [0, 0.05) is 26.3 Å². The first-order chi connectivity index (χ1) is 7.56. The predicted molar refractivity (Wildman–Crippen MR) is 67.9 cm³/mol. The van der Waals surface area contributed by atoms with Crippen molar-refractivity contribution in [1.82, 2.24) is 10.2 Å². The fraction of sp³-hybridized carbons (Fsp3) is 1.00. The summed E-state index contributed by atoms with van der Waals surface area (Å²) in [4.78, 5) is 2.17. The molecular formula is C12H28N2O2. The molecular weight excluding hydrogens is 204 g/mol. The van der Waals surface area contributed by atoms with Crippen molar-refractivity contribution in [2.75, 3.05) is 47.5 Å². The summed E-state index contributed by atoms with van der Waals surface area (Å²) in [5.74, 6) is 0. The first kappa shape index (κ1) is 15.8. The summed E-state index contributed by atoms with van der Waals surface area (Å²) >= 11 is 0. The second-order valence-corrected chi connectivity index (χ2v) is 4.67. The van der Waals surface area contributed by atoms with Gasteiger partial charge in [0.1, 0.15) is 0 Å². The van der Waals surface area contributed by atoms with Crippen LogP contribution in [0.15, 0.2) is 0 Å². The zero-order valence-electron chi connectivity index (χ0n) is 11.5. The summed E-state index contributed by atoms with van der Waals surface area (Å²) in [6.45, 7) is 7.64. The van der Waals surface area contributed by atoms with Gasteiger partial charge < -0.3 is 19.7 Å². The average molecular weight is 232 g/mol. The molecule has 0 aromatic heterocycles. The number of hydrogen-bond donors (Lipinski definition) is 1. The second kappa shape index (κ2) is 10.0. The molecule has 0 bridgehead atoms. The third kappa shape index (κ3) is 10.4. The van der Waals surface area contributed by atoms with Crippen LogP contribution < -0.4 is 5.32 Å². The highest BCUT2D eigenvalue weighted by Crippen LogP contribution is 1.95. The molecule has 1 N–H and O–H groups in total. The van der Waals surface area contributed by atoms with Crippen LogP contribution in [0.4, 0.5) is 0 Å². The summed E-state index contributed by atoms with van der Waals surface area (Å²) in [5.41, 5.74) is 0. The summed E-state index contributed by atoms with van der Waals surface area (Å²) in [7, 11) is 5.87. The van der Waals surface area contributed by atoms with Gasteiger partial charge in [0.25, 0.3) is 0 Å². The Hall–Kier alpha value is -0.160. The number of nitrogens with zero attached hydrogens (tertiary/aromatic N) is 1. The van der Waals surface area contributed by atoms with Gasteiger partial charge in [-0.05, 0) is 27.1 Å². The van der Waals surface area contributed by atoms with Crippen molar-refractivity contribution in [1.29, 1.82) is 0 Å². The van der Waals surface area contributed by atoms with Gasteiger partial charge in [-0.3, -0.25) is 0 Å². The maximum absolute atomic E-state index is 5.77. The summed E-state index contributed by atoms with van der Waals surface area (Å²) in [6, 6.07) is 0.490. The highest BCUT2D eigenvalue weighted by Gasteiger charge is 2.09. The maximum atomic E-state index is 5.77. The molecule has 98 valence electrons. The van der Waals surface area contributed by atoms with Crippen LogP contribution in [0, 0.1) is 0 Å². The molecule has 0 rings (SSSR count). The second-order valence-electron chi connectivity index (χ2n) is 4.67. The van der Waals surface area contributed by atoms with Crippen LogP contribution in [0.3, 0.4) is 0 Å². The fourth-order valence-corrected chi connectivity index (χ4v) is 1.35. The minimum Gasteiger partial charge on any atom is -0.382 e. The monoisotopic (exact) mass is 232 g/mol. The Morgan fingerprint density at radius 1 is 1.25 bits per heavy atom. The molecule has 0 fully saturated rings. The molecule has 16 heavy (non-hydrogen) atoms. The van der Waals surface area contributed by atoms with E-state index in [-0.39, 0.29) is 6.10 Å². The lowest BCUT2D eigenvalue weighted by Crippen LogP contribution is -2.36. The van der Waals surface area contributed by atoms with Gasteiger partial charge in [0.05, 0.1) is 12.7 Å². The van der Waals surface area contributed by atoms with Gasteiger partial charge in [-0.2, -0.15) is 0 Å². The Balaban J connectivity index is 3.59. The molecule has 0 radical (unpaired) electrons. The average Bonchev–Trinajstić information content (AvgIpc) is 2.20. The Morgan fingerprint density at radius 2 is 1.94 bits per heavy atom. The number of ether oxygens (including phenoxy) is 2. The van der Waals surface area contributed by atoms with Crippen LogP contribution in [-0.2, 0) is 9.47 Å². The van der Waals surface area contributed by atoms with E-state index in [1.54, 1.807) is 7.11 Å². The van der Waals surface area contributed by atoms with Gasteiger partial charge in [-0.1, -0.05) is 13.8 Å². The van der Waals surface area contributed by atoms with Crippen LogP contribution >= 0.6 is 0 Å². The summed E-state index contributed by atoms with van der Waals surface area (Å²) < 4.78 is 10.9. The van der Waals surface area contributed by atoms with E-state index >= 15 is 0 Å². The molecule has 0 aromatic rings. The van der Waals surface area contributed by atoms with Crippen LogP contribution in [0.25, 0.3) is 0 Å². The van der Waals surface area contributed by atoms with Gasteiger partial charge in [0.15, 0.2) is 0 Å². The van der Waals surface area contributed by atoms with E-state index in [0.717, 1.165) is 26.1 Å². The molecule has 0 spiro atoms. The van der Waals surface area contributed by atoms with Crippen molar-refractivity contribution in [3.05, 3.63) is 0 Å². The van der Waals surface area contributed by atoms with Gasteiger partial charge in [-0.25, -0.2) is 0 Å². The van der Waals surface area contributed by atoms with Crippen molar-refractivity contribution in [2.24, 2.45) is 0 Å². The highest BCUT2D eigenvalue weighted by atomic mass is 16.5. The summed E-state index contributed by atoms with van der Waals surface area (Å²) in [5, 5.41) is 3.36. The van der Waals surface area contributed by atoms with E-state index in [1.807, 2.05) is 0 Å². The molecule has 0 amide bonds. The minimum atomic E-state index is 0.162. The van der Waals surface area contributed by atoms with Crippen molar-refractivity contribution < 1.29 is 9.47 Å². The molecule has 4 nitrogen and oxygen atoms in total. The largest absolute Gasteiger partial charge is 0.382 e. The topological polar surface area (TPSA) is 33.7 Å². The van der Waals surface area contributed by atoms with Crippen molar-refractivity contribution in [2.45, 2.75) is 32.4 Å². The SMILES string of the molecule is COCC(CNC(C)C)OCCCN(C)C. The molecule has 4 heteroatoms. The lowest BCUT2D eigenvalue weighted by Gasteiger charge is -2.19. The van der Waals surface area contributed by atoms with Gasteiger partial charge in [0.2, 0.25) is 0 Å². The minimum absolute atomic E-state index is 0.162. The van der Waals surface area contributed by atoms with E-state index in [1.165, 1.54) is 0 Å². The normalized spacial score (nSPS) is 13.7. The zero-order chi connectivity index (χ0) is 12.4. The van der Waals surface area contributed by atoms with Gasteiger partial charge >= 0.3 is 0 Å². The molecule has 1 unspecified atom stereocenters. The molecule has 0 aliphatic carbocycles. The number of rotatable bonds is 10. The fourth-order valence-electron chi connectivity index (χ4n) is 1.35. The number of methoxy groups -OCH3 is 1. The molecule has 0 heterocycles. The smallest absolute Gasteiger partial charge is 0.0932 e. The predicted octanol–water partition coefficient (Wildman–Crippen LogP) is 0.968.